The molecule has 0 saturated heterocycles. The van der Waals surface area contributed by atoms with Crippen LogP contribution in [-0.4, -0.2) is 33.2 Å². The van der Waals surface area contributed by atoms with Gasteiger partial charge in [0.1, 0.15) is 5.82 Å². The minimum atomic E-state index is -1.30. The van der Waals surface area contributed by atoms with Gasteiger partial charge in [-0.25, -0.2) is 19.4 Å². The molecule has 0 fully saturated rings. The average molecular weight is 301 g/mol. The first-order valence-electron chi connectivity index (χ1n) is 6.06. The molecule has 22 heavy (non-hydrogen) atoms. The fraction of sp³-hybridized carbons (Fsp3) is 0. The molecule has 0 atom stereocenters. The van der Waals surface area contributed by atoms with Crippen LogP contribution < -0.4 is 10.6 Å². The summed E-state index contributed by atoms with van der Waals surface area (Å²) in [6.45, 7) is 0. The summed E-state index contributed by atoms with van der Waals surface area (Å²) >= 11 is 0. The molecule has 1 heterocycles. The average Bonchev–Trinajstić information content (AvgIpc) is 2.47. The Labute approximate surface area is 124 Å². The SMILES string of the molecule is O=C(Nc1cc(C(=O)O)cc(C(=O)O)c1)Nc1ccccn1. The molecule has 0 radical (unpaired) electrons. The summed E-state index contributed by atoms with van der Waals surface area (Å²) in [4.78, 5) is 37.6. The van der Waals surface area contributed by atoms with Gasteiger partial charge < -0.3 is 15.5 Å². The van der Waals surface area contributed by atoms with E-state index in [9.17, 15) is 14.4 Å². The van der Waals surface area contributed by atoms with Gasteiger partial charge in [-0.2, -0.15) is 0 Å². The van der Waals surface area contributed by atoms with E-state index in [-0.39, 0.29) is 16.8 Å². The molecular formula is C14H11N3O5. The maximum absolute atomic E-state index is 11.8. The van der Waals surface area contributed by atoms with Crippen molar-refractivity contribution in [3.63, 3.8) is 0 Å². The van der Waals surface area contributed by atoms with E-state index in [0.717, 1.165) is 18.2 Å². The van der Waals surface area contributed by atoms with Crippen LogP contribution >= 0.6 is 0 Å². The standard InChI is InChI=1S/C14H11N3O5/c18-12(19)8-5-9(13(20)21)7-10(6-8)16-14(22)17-11-3-1-2-4-15-11/h1-7H,(H,18,19)(H,20,21)(H2,15,16,17,22). The molecule has 0 bridgehead atoms. The van der Waals surface area contributed by atoms with Gasteiger partial charge in [-0.3, -0.25) is 5.32 Å². The summed E-state index contributed by atoms with van der Waals surface area (Å²) in [5, 5.41) is 22.7. The number of pyridine rings is 1. The topological polar surface area (TPSA) is 129 Å². The van der Waals surface area contributed by atoms with Gasteiger partial charge in [-0.05, 0) is 30.3 Å². The lowest BCUT2D eigenvalue weighted by Crippen LogP contribution is -2.20. The first-order valence-corrected chi connectivity index (χ1v) is 6.06. The Hall–Kier alpha value is -3.42. The number of rotatable bonds is 4. The molecule has 0 aliphatic rings. The molecular weight excluding hydrogens is 290 g/mol. The van der Waals surface area contributed by atoms with Crippen molar-refractivity contribution in [2.24, 2.45) is 0 Å². The highest BCUT2D eigenvalue weighted by atomic mass is 16.4. The van der Waals surface area contributed by atoms with Crippen LogP contribution in [0.3, 0.4) is 0 Å². The Balaban J connectivity index is 2.19. The predicted molar refractivity (Wildman–Crippen MR) is 77.2 cm³/mol. The van der Waals surface area contributed by atoms with E-state index < -0.39 is 18.0 Å². The summed E-state index contributed by atoms with van der Waals surface area (Å²) in [7, 11) is 0. The van der Waals surface area contributed by atoms with Gasteiger partial charge in [-0.15, -0.1) is 0 Å². The summed E-state index contributed by atoms with van der Waals surface area (Å²) < 4.78 is 0. The van der Waals surface area contributed by atoms with Crippen molar-refractivity contribution < 1.29 is 24.6 Å². The maximum Gasteiger partial charge on any atom is 0.335 e. The first kappa shape index (κ1) is 15.0. The lowest BCUT2D eigenvalue weighted by Gasteiger charge is -2.08. The molecule has 8 heteroatoms. The smallest absolute Gasteiger partial charge is 0.335 e. The second-order valence-electron chi connectivity index (χ2n) is 4.20. The number of nitrogens with zero attached hydrogens (tertiary/aromatic N) is 1. The van der Waals surface area contributed by atoms with Gasteiger partial charge in [-0.1, -0.05) is 6.07 Å². The van der Waals surface area contributed by atoms with Crippen molar-refractivity contribution in [3.8, 4) is 0 Å². The number of carbonyl (C=O) groups is 3. The molecule has 0 aliphatic heterocycles. The predicted octanol–water partition coefficient (Wildman–Crippen LogP) is 2.12. The van der Waals surface area contributed by atoms with Crippen LogP contribution in [-0.2, 0) is 0 Å². The molecule has 1 aromatic heterocycles. The molecule has 1 aromatic carbocycles. The normalized spacial score (nSPS) is 9.82. The molecule has 2 rings (SSSR count). The van der Waals surface area contributed by atoms with E-state index in [1.54, 1.807) is 18.2 Å². The molecule has 2 amide bonds. The number of amides is 2. The monoisotopic (exact) mass is 301 g/mol. The number of aromatic nitrogens is 1. The Morgan fingerprint density at radius 3 is 2.05 bits per heavy atom. The number of hydrogen-bond acceptors (Lipinski definition) is 4. The van der Waals surface area contributed by atoms with Crippen molar-refractivity contribution in [1.82, 2.24) is 4.98 Å². The third-order valence-electron chi connectivity index (χ3n) is 2.59. The van der Waals surface area contributed by atoms with Crippen molar-refractivity contribution >= 4 is 29.5 Å². The van der Waals surface area contributed by atoms with Gasteiger partial charge in [0.05, 0.1) is 11.1 Å². The Kier molecular flexibility index (Phi) is 4.33. The van der Waals surface area contributed by atoms with Crippen LogP contribution in [0.25, 0.3) is 0 Å². The Morgan fingerprint density at radius 2 is 1.55 bits per heavy atom. The van der Waals surface area contributed by atoms with E-state index in [4.69, 9.17) is 10.2 Å². The third-order valence-corrected chi connectivity index (χ3v) is 2.59. The number of benzene rings is 1. The minimum absolute atomic E-state index is 0.0470. The molecule has 4 N–H and O–H groups in total. The van der Waals surface area contributed by atoms with Crippen LogP contribution in [0.2, 0.25) is 0 Å². The number of urea groups is 1. The highest BCUT2D eigenvalue weighted by Gasteiger charge is 2.13. The van der Waals surface area contributed by atoms with Crippen LogP contribution in [0.4, 0.5) is 16.3 Å². The summed E-state index contributed by atoms with van der Waals surface area (Å²) in [5.74, 6) is -2.29. The Morgan fingerprint density at radius 1 is 0.909 bits per heavy atom. The second kappa shape index (κ2) is 6.35. The summed E-state index contributed by atoms with van der Waals surface area (Å²) in [6.07, 6.45) is 1.49. The molecule has 2 aromatic rings. The van der Waals surface area contributed by atoms with Gasteiger partial charge in [0, 0.05) is 11.9 Å². The van der Waals surface area contributed by atoms with Crippen LogP contribution in [0.15, 0.2) is 42.6 Å². The minimum Gasteiger partial charge on any atom is -0.478 e. The van der Waals surface area contributed by atoms with Crippen molar-refractivity contribution in [3.05, 3.63) is 53.7 Å². The van der Waals surface area contributed by atoms with Crippen molar-refractivity contribution in [2.75, 3.05) is 10.6 Å². The number of nitrogens with one attached hydrogen (secondary N) is 2. The first-order chi connectivity index (χ1) is 10.5. The molecule has 0 saturated carbocycles. The van der Waals surface area contributed by atoms with Gasteiger partial charge in [0.2, 0.25) is 0 Å². The fourth-order valence-corrected chi connectivity index (χ4v) is 1.66. The lowest BCUT2D eigenvalue weighted by molar-refractivity contribution is 0.0696. The maximum atomic E-state index is 11.8. The molecule has 0 unspecified atom stereocenters. The quantitative estimate of drug-likeness (QED) is 0.684. The van der Waals surface area contributed by atoms with Crippen molar-refractivity contribution in [1.29, 1.82) is 0 Å². The number of carboxylic acids is 2. The van der Waals surface area contributed by atoms with Crippen LogP contribution in [0.1, 0.15) is 20.7 Å². The van der Waals surface area contributed by atoms with Gasteiger partial charge in [0.25, 0.3) is 0 Å². The zero-order valence-corrected chi connectivity index (χ0v) is 11.1. The van der Waals surface area contributed by atoms with Gasteiger partial charge in [0.15, 0.2) is 0 Å². The van der Waals surface area contributed by atoms with E-state index in [0.29, 0.717) is 5.82 Å². The van der Waals surface area contributed by atoms with Crippen molar-refractivity contribution in [2.45, 2.75) is 0 Å². The highest BCUT2D eigenvalue weighted by molar-refractivity contribution is 6.02. The van der Waals surface area contributed by atoms with Crippen LogP contribution in [0.5, 0.6) is 0 Å². The van der Waals surface area contributed by atoms with Crippen LogP contribution in [0, 0.1) is 0 Å². The number of aromatic carboxylic acids is 2. The van der Waals surface area contributed by atoms with Gasteiger partial charge >= 0.3 is 18.0 Å². The lowest BCUT2D eigenvalue weighted by atomic mass is 10.1. The highest BCUT2D eigenvalue weighted by Crippen LogP contribution is 2.16. The Bertz CT molecular complexity index is 698. The largest absolute Gasteiger partial charge is 0.478 e. The molecule has 112 valence electrons. The molecule has 8 nitrogen and oxygen atoms in total. The molecule has 0 spiro atoms. The number of anilines is 2. The molecule has 0 aliphatic carbocycles. The zero-order valence-electron chi connectivity index (χ0n) is 11.1. The number of carbonyl (C=O) groups excluding carboxylic acids is 1. The number of carboxylic acid groups (broad SMARTS) is 2. The third kappa shape index (κ3) is 3.79. The van der Waals surface area contributed by atoms with E-state index >= 15 is 0 Å². The number of hydrogen-bond donors (Lipinski definition) is 4. The van der Waals surface area contributed by atoms with E-state index in [2.05, 4.69) is 15.6 Å². The fourth-order valence-electron chi connectivity index (χ4n) is 1.66. The zero-order chi connectivity index (χ0) is 16.1. The van der Waals surface area contributed by atoms with E-state index in [1.165, 1.54) is 6.20 Å². The summed E-state index contributed by atoms with van der Waals surface area (Å²) in [5.41, 5.74) is -0.438. The van der Waals surface area contributed by atoms with E-state index in [1.807, 2.05) is 0 Å². The summed E-state index contributed by atoms with van der Waals surface area (Å²) in [6, 6.07) is 7.58. The second-order valence-corrected chi connectivity index (χ2v) is 4.20.